The molecular weight excluding hydrogens is 875 g/mol. The number of carbonyl (C=O) groups excluding carboxylic acids is 3. The highest BCUT2D eigenvalue weighted by Gasteiger charge is 2.52. The molecule has 18 heteroatoms. The summed E-state index contributed by atoms with van der Waals surface area (Å²) in [6.45, 7) is 3.46. The van der Waals surface area contributed by atoms with Gasteiger partial charge in [-0.15, -0.1) is 34.0 Å². The van der Waals surface area contributed by atoms with Gasteiger partial charge in [-0.1, -0.05) is 32.1 Å². The number of hydrogen-bond acceptors (Lipinski definition) is 14. The average Bonchev–Trinajstić information content (AvgIpc) is 4.12. The second-order valence-electron chi connectivity index (χ2n) is 18.7. The van der Waals surface area contributed by atoms with Crippen LogP contribution >= 0.6 is 34.0 Å². The summed E-state index contributed by atoms with van der Waals surface area (Å²) >= 11 is 4.70. The van der Waals surface area contributed by atoms with Crippen molar-refractivity contribution in [2.24, 2.45) is 11.8 Å². The van der Waals surface area contributed by atoms with E-state index in [9.17, 15) is 22.8 Å². The van der Waals surface area contributed by atoms with Gasteiger partial charge in [0.15, 0.2) is 9.84 Å². The third-order valence-corrected chi connectivity index (χ3v) is 20.0. The smallest absolute Gasteiger partial charge is 0.245 e. The van der Waals surface area contributed by atoms with Crippen molar-refractivity contribution in [3.05, 3.63) is 48.2 Å². The summed E-state index contributed by atoms with van der Waals surface area (Å²) in [5, 5.41) is 9.06. The Morgan fingerprint density at radius 1 is 0.619 bits per heavy atom. The number of thiazole rings is 3. The molecular formula is C45H67N9O5S4. The molecule has 14 nitrogen and oxygen atoms in total. The largest absolute Gasteiger partial charge is 0.340 e. The van der Waals surface area contributed by atoms with E-state index in [4.69, 9.17) is 0 Å². The molecule has 2 bridgehead atoms. The highest BCUT2D eigenvalue weighted by molar-refractivity contribution is 7.92. The summed E-state index contributed by atoms with van der Waals surface area (Å²) < 4.78 is 24.4. The summed E-state index contributed by atoms with van der Waals surface area (Å²) in [6, 6.07) is -0.786. The van der Waals surface area contributed by atoms with E-state index in [2.05, 4.69) is 40.7 Å². The molecule has 7 aliphatic rings. The number of sulfone groups is 1. The lowest BCUT2D eigenvalue weighted by atomic mass is 9.91. The van der Waals surface area contributed by atoms with Crippen molar-refractivity contribution in [1.29, 1.82) is 0 Å². The van der Waals surface area contributed by atoms with Crippen LogP contribution in [0.3, 0.4) is 0 Å². The van der Waals surface area contributed by atoms with Gasteiger partial charge in [0.2, 0.25) is 17.7 Å². The van der Waals surface area contributed by atoms with Gasteiger partial charge >= 0.3 is 0 Å². The molecule has 3 amide bonds. The van der Waals surface area contributed by atoms with Crippen LogP contribution in [-0.4, -0.2) is 126 Å². The lowest BCUT2D eigenvalue weighted by molar-refractivity contribution is -0.139. The monoisotopic (exact) mass is 941 g/mol. The molecule has 7 heterocycles. The maximum Gasteiger partial charge on any atom is 0.245 e. The third kappa shape index (κ3) is 10.1. The van der Waals surface area contributed by atoms with Gasteiger partial charge in [0, 0.05) is 57.5 Å². The Balaban J connectivity index is 0.000000130. The zero-order valence-corrected chi connectivity index (χ0v) is 40.6. The van der Waals surface area contributed by atoms with Crippen molar-refractivity contribution < 1.29 is 22.8 Å². The molecule has 3 aromatic rings. The van der Waals surface area contributed by atoms with Crippen LogP contribution in [0.15, 0.2) is 16.5 Å². The first-order valence-electron chi connectivity index (χ1n) is 23.4. The minimum absolute atomic E-state index is 0.0359. The van der Waals surface area contributed by atoms with Crippen LogP contribution in [0.25, 0.3) is 0 Å². The Bertz CT molecular complexity index is 2140. The van der Waals surface area contributed by atoms with Crippen molar-refractivity contribution in [2.75, 3.05) is 59.6 Å². The lowest BCUT2D eigenvalue weighted by Crippen LogP contribution is -2.52. The Labute approximate surface area is 385 Å². The maximum atomic E-state index is 13.0. The SMILES string of the molecule is CNC1C(=O)N(C23CCC(CC2)C3)CCc2ncsc21.CNC1C(=O)N(CC2CCCCCC2)CCc2ncsc21.CNC1C(=O)N(CC2CCCCS2(=O)=O)CCc2ncsc21. The normalized spacial score (nSPS) is 29.5. The first-order chi connectivity index (χ1) is 30.6. The number of nitrogens with zero attached hydrogens (tertiary/aromatic N) is 6. The van der Waals surface area contributed by atoms with Gasteiger partial charge < -0.3 is 30.7 Å². The van der Waals surface area contributed by atoms with Crippen LogP contribution in [0.2, 0.25) is 0 Å². The van der Waals surface area contributed by atoms with E-state index < -0.39 is 21.1 Å². The molecule has 63 heavy (non-hydrogen) atoms. The van der Waals surface area contributed by atoms with Gasteiger partial charge in [0.1, 0.15) is 18.1 Å². The summed E-state index contributed by atoms with van der Waals surface area (Å²) in [7, 11) is 2.46. The Kier molecular flexibility index (Phi) is 15.4. The highest BCUT2D eigenvalue weighted by atomic mass is 32.2. The van der Waals surface area contributed by atoms with Crippen molar-refractivity contribution in [3.63, 3.8) is 0 Å². The fourth-order valence-electron chi connectivity index (χ4n) is 11.5. The minimum atomic E-state index is -3.06. The van der Waals surface area contributed by atoms with Gasteiger partial charge in [0.05, 0.1) is 59.2 Å². The minimum Gasteiger partial charge on any atom is -0.340 e. The molecule has 1 saturated heterocycles. The van der Waals surface area contributed by atoms with Gasteiger partial charge in [-0.3, -0.25) is 14.4 Å². The summed E-state index contributed by atoms with van der Waals surface area (Å²) in [5.74, 6) is 2.29. The molecule has 3 N–H and O–H groups in total. The van der Waals surface area contributed by atoms with Crippen LogP contribution in [0.5, 0.6) is 0 Å². The molecule has 0 spiro atoms. The summed E-state index contributed by atoms with van der Waals surface area (Å²) in [5.41, 5.74) is 8.85. The maximum absolute atomic E-state index is 13.0. The standard InChI is InChI=1S/C16H25N3OS.C15H21N3OS.C14H21N3O3S2/c1-17-14-15-13(18-11-21-15)8-9-19(16(14)20)10-12-6-4-2-3-5-7-12;1-16-12-13-11(17-9-20-13)4-7-18(14(12)19)15-5-2-10(8-15)3-6-15;1-15-12-13-11(16-9-21-13)5-6-17(14(12)18)8-10-4-2-3-7-22(10,19)20/h11-12,14,17H,2-10H2,1H3;9-10,12,16H,2-8H2,1H3;9-10,12,15H,2-8H2,1H3. The first-order valence-corrected chi connectivity index (χ1v) is 27.8. The van der Waals surface area contributed by atoms with E-state index in [0.29, 0.717) is 31.8 Å². The third-order valence-electron chi connectivity index (χ3n) is 15.0. The van der Waals surface area contributed by atoms with Gasteiger partial charge in [-0.25, -0.2) is 23.4 Å². The zero-order chi connectivity index (χ0) is 44.1. The highest BCUT2D eigenvalue weighted by Crippen LogP contribution is 2.52. The van der Waals surface area contributed by atoms with Crippen molar-refractivity contribution in [2.45, 2.75) is 138 Å². The topological polar surface area (TPSA) is 170 Å². The van der Waals surface area contributed by atoms with E-state index in [1.165, 1.54) is 82.0 Å². The lowest BCUT2D eigenvalue weighted by Gasteiger charge is -2.40. The molecule has 10 rings (SSSR count). The molecule has 4 unspecified atom stereocenters. The number of fused-ring (bicyclic) bond motifs is 5. The molecule has 4 atom stereocenters. The average molecular weight is 942 g/mol. The van der Waals surface area contributed by atoms with Crippen LogP contribution < -0.4 is 16.0 Å². The van der Waals surface area contributed by atoms with E-state index in [1.807, 2.05) is 25.1 Å². The van der Waals surface area contributed by atoms with E-state index in [1.54, 1.807) is 40.1 Å². The fourth-order valence-corrected chi connectivity index (χ4v) is 16.1. The number of likely N-dealkylation sites (N-methyl/N-ethyl adjacent to an activating group) is 3. The predicted octanol–water partition coefficient (Wildman–Crippen LogP) is 5.64. The first kappa shape index (κ1) is 46.7. The van der Waals surface area contributed by atoms with Crippen molar-refractivity contribution in [3.8, 4) is 0 Å². The Morgan fingerprint density at radius 2 is 1.10 bits per heavy atom. The number of carbonyl (C=O) groups is 3. The fraction of sp³-hybridized carbons (Fsp3) is 0.733. The number of aromatic nitrogens is 3. The van der Waals surface area contributed by atoms with Gasteiger partial charge in [-0.2, -0.15) is 0 Å². The molecule has 4 aliphatic heterocycles. The molecule has 0 aromatic carbocycles. The van der Waals surface area contributed by atoms with Crippen LogP contribution in [0, 0.1) is 11.8 Å². The van der Waals surface area contributed by atoms with Crippen LogP contribution in [-0.2, 0) is 43.5 Å². The molecule has 3 saturated carbocycles. The molecule has 3 aromatic heterocycles. The molecule has 346 valence electrons. The molecule has 3 aliphatic carbocycles. The van der Waals surface area contributed by atoms with Gasteiger partial charge in [-0.05, 0) is 90.8 Å². The van der Waals surface area contributed by atoms with E-state index >= 15 is 0 Å². The summed E-state index contributed by atoms with van der Waals surface area (Å²) in [6.07, 6.45) is 19.1. The van der Waals surface area contributed by atoms with E-state index in [0.717, 1.165) is 82.9 Å². The number of amides is 3. The van der Waals surface area contributed by atoms with Crippen LogP contribution in [0.1, 0.15) is 140 Å². The van der Waals surface area contributed by atoms with Crippen molar-refractivity contribution >= 4 is 61.6 Å². The second kappa shape index (κ2) is 20.7. The predicted molar refractivity (Wildman–Crippen MR) is 250 cm³/mol. The number of hydrogen-bond donors (Lipinski definition) is 3. The summed E-state index contributed by atoms with van der Waals surface area (Å²) in [4.78, 5) is 61.1. The van der Waals surface area contributed by atoms with Crippen LogP contribution in [0.4, 0.5) is 0 Å². The van der Waals surface area contributed by atoms with Gasteiger partial charge in [0.25, 0.3) is 0 Å². The van der Waals surface area contributed by atoms with Crippen molar-refractivity contribution in [1.82, 2.24) is 45.6 Å². The second-order valence-corrected chi connectivity index (χ2v) is 23.7. The number of rotatable bonds is 8. The Hall–Kier alpha value is -2.87. The molecule has 4 fully saturated rings. The molecule has 0 radical (unpaired) electrons. The zero-order valence-electron chi connectivity index (χ0n) is 37.3. The quantitative estimate of drug-likeness (QED) is 0.239. The number of nitrogens with one attached hydrogen (secondary N) is 3. The Morgan fingerprint density at radius 3 is 1.57 bits per heavy atom. The van der Waals surface area contributed by atoms with E-state index in [-0.39, 0.29) is 41.1 Å².